The Morgan fingerprint density at radius 3 is 2.58 bits per heavy atom. The number of amides is 2. The van der Waals surface area contributed by atoms with Crippen LogP contribution in [0.2, 0.25) is 5.02 Å². The van der Waals surface area contributed by atoms with E-state index in [9.17, 15) is 9.59 Å². The zero-order chi connectivity index (χ0) is 26.9. The van der Waals surface area contributed by atoms with Gasteiger partial charge < -0.3 is 25.0 Å². The van der Waals surface area contributed by atoms with Crippen LogP contribution in [0.3, 0.4) is 0 Å². The predicted molar refractivity (Wildman–Crippen MR) is 147 cm³/mol. The van der Waals surface area contributed by atoms with Crippen molar-refractivity contribution in [2.24, 2.45) is 0 Å². The van der Waals surface area contributed by atoms with E-state index in [4.69, 9.17) is 21.1 Å². The van der Waals surface area contributed by atoms with E-state index < -0.39 is 0 Å². The number of rotatable bonds is 4. The molecule has 4 rings (SSSR count). The van der Waals surface area contributed by atoms with Crippen molar-refractivity contribution in [3.05, 3.63) is 64.9 Å². The number of halogens is 1. The Bertz CT molecular complexity index is 1270. The second kappa shape index (κ2) is 13.1. The van der Waals surface area contributed by atoms with E-state index in [2.05, 4.69) is 20.6 Å². The van der Waals surface area contributed by atoms with Crippen molar-refractivity contribution in [1.29, 1.82) is 0 Å². The number of carbonyl (C=O) groups excluding carboxylic acids is 2. The third kappa shape index (κ3) is 7.82. The van der Waals surface area contributed by atoms with Crippen molar-refractivity contribution in [1.82, 2.24) is 14.9 Å². The van der Waals surface area contributed by atoms with Gasteiger partial charge >= 0.3 is 0 Å². The minimum Gasteiger partial charge on any atom is -0.490 e. The number of nitrogens with zero attached hydrogens (tertiary/aromatic N) is 3. The molecule has 0 fully saturated rings. The number of aryl methyl sites for hydroxylation is 2. The average molecular weight is 538 g/mol. The third-order valence-corrected chi connectivity index (χ3v) is 6.14. The maximum atomic E-state index is 13.1. The second-order valence-corrected chi connectivity index (χ2v) is 9.55. The van der Waals surface area contributed by atoms with Gasteiger partial charge in [-0.3, -0.25) is 9.59 Å². The van der Waals surface area contributed by atoms with Gasteiger partial charge in [-0.1, -0.05) is 23.7 Å². The molecule has 0 spiro atoms. The number of anilines is 2. The molecule has 0 bridgehead atoms. The average Bonchev–Trinajstić information content (AvgIpc) is 2.87. The fraction of sp³-hybridized carbons (Fsp3) is 0.357. The lowest BCUT2D eigenvalue weighted by molar-refractivity contribution is -0.134. The van der Waals surface area contributed by atoms with Gasteiger partial charge in [0.2, 0.25) is 17.8 Å². The summed E-state index contributed by atoms with van der Waals surface area (Å²) in [4.78, 5) is 36.4. The summed E-state index contributed by atoms with van der Waals surface area (Å²) in [6, 6.07) is 14.3. The molecule has 2 heterocycles. The summed E-state index contributed by atoms with van der Waals surface area (Å²) >= 11 is 6.21. The number of nitrogens with one attached hydrogen (secondary N) is 2. The molecule has 38 heavy (non-hydrogen) atoms. The van der Waals surface area contributed by atoms with Crippen molar-refractivity contribution in [3.63, 3.8) is 0 Å². The maximum Gasteiger partial charge on any atom is 0.244 e. The van der Waals surface area contributed by atoms with Crippen LogP contribution in [0.25, 0.3) is 0 Å². The minimum absolute atomic E-state index is 0.0854. The van der Waals surface area contributed by atoms with E-state index in [0.717, 1.165) is 30.7 Å². The first-order valence-electron chi connectivity index (χ1n) is 12.7. The molecule has 9 nitrogen and oxygen atoms in total. The summed E-state index contributed by atoms with van der Waals surface area (Å²) in [7, 11) is 0. The van der Waals surface area contributed by atoms with Gasteiger partial charge in [0, 0.05) is 35.9 Å². The molecule has 0 saturated heterocycles. The lowest BCUT2D eigenvalue weighted by Crippen LogP contribution is -2.39. The highest BCUT2D eigenvalue weighted by Crippen LogP contribution is 2.36. The highest BCUT2D eigenvalue weighted by molar-refractivity contribution is 6.31. The number of carbonyl (C=O) groups is 2. The summed E-state index contributed by atoms with van der Waals surface area (Å²) < 4.78 is 12.1. The van der Waals surface area contributed by atoms with Crippen molar-refractivity contribution >= 4 is 35.1 Å². The summed E-state index contributed by atoms with van der Waals surface area (Å²) in [5.74, 6) is 1.59. The van der Waals surface area contributed by atoms with Crippen LogP contribution in [0, 0.1) is 13.8 Å². The van der Waals surface area contributed by atoms with Crippen LogP contribution >= 0.6 is 11.6 Å². The molecule has 0 aliphatic carbocycles. The molecule has 2 amide bonds. The molecule has 3 aromatic rings. The number of hydrogen-bond acceptors (Lipinski definition) is 7. The fourth-order valence-electron chi connectivity index (χ4n) is 4.12. The van der Waals surface area contributed by atoms with Crippen LogP contribution in [0.15, 0.2) is 48.5 Å². The fourth-order valence-corrected chi connectivity index (χ4v) is 4.30. The van der Waals surface area contributed by atoms with Crippen LogP contribution in [-0.2, 0) is 9.59 Å². The summed E-state index contributed by atoms with van der Waals surface area (Å²) in [5.41, 5.74) is 2.11. The van der Waals surface area contributed by atoms with Crippen molar-refractivity contribution in [3.8, 4) is 17.2 Å². The first-order valence-corrected chi connectivity index (χ1v) is 13.1. The Labute approximate surface area is 227 Å². The first kappa shape index (κ1) is 27.2. The number of benzene rings is 2. The van der Waals surface area contributed by atoms with E-state index in [0.29, 0.717) is 53.6 Å². The van der Waals surface area contributed by atoms with Gasteiger partial charge in [-0.2, -0.15) is 0 Å². The molecular weight excluding hydrogens is 506 g/mol. The highest BCUT2D eigenvalue weighted by atomic mass is 35.5. The van der Waals surface area contributed by atoms with Crippen molar-refractivity contribution < 1.29 is 19.1 Å². The number of hydrogen-bond donors (Lipinski definition) is 2. The number of aromatic nitrogens is 2. The minimum atomic E-state index is -0.338. The molecule has 2 aromatic carbocycles. The Morgan fingerprint density at radius 2 is 1.79 bits per heavy atom. The molecule has 0 atom stereocenters. The molecular formula is C28H32ClN5O4. The topological polar surface area (TPSA) is 106 Å². The Morgan fingerprint density at radius 1 is 1.03 bits per heavy atom. The van der Waals surface area contributed by atoms with Crippen LogP contribution in [0.5, 0.6) is 17.2 Å². The smallest absolute Gasteiger partial charge is 0.244 e. The normalized spacial score (nSPS) is 14.5. The van der Waals surface area contributed by atoms with Crippen LogP contribution < -0.4 is 20.1 Å². The van der Waals surface area contributed by atoms with Gasteiger partial charge in [0.1, 0.15) is 0 Å². The predicted octanol–water partition coefficient (Wildman–Crippen LogP) is 5.37. The van der Waals surface area contributed by atoms with Crippen LogP contribution in [0.1, 0.15) is 37.1 Å². The molecule has 200 valence electrons. The molecule has 0 saturated carbocycles. The van der Waals surface area contributed by atoms with Gasteiger partial charge in [0.05, 0.1) is 18.8 Å². The molecule has 1 aliphatic rings. The molecule has 2 N–H and O–H groups in total. The largest absolute Gasteiger partial charge is 0.490 e. The highest BCUT2D eigenvalue weighted by Gasteiger charge is 2.19. The van der Waals surface area contributed by atoms with Crippen molar-refractivity contribution in [2.75, 3.05) is 36.9 Å². The first-order chi connectivity index (χ1) is 18.4. The molecule has 1 aromatic heterocycles. The second-order valence-electron chi connectivity index (χ2n) is 9.11. The lowest BCUT2D eigenvalue weighted by atomic mass is 10.2. The quantitative estimate of drug-likeness (QED) is 0.461. The summed E-state index contributed by atoms with van der Waals surface area (Å²) in [6.45, 7) is 5.04. The molecule has 0 radical (unpaired) electrons. The zero-order valence-electron chi connectivity index (χ0n) is 21.6. The molecule has 0 unspecified atom stereocenters. The van der Waals surface area contributed by atoms with Crippen LogP contribution in [0.4, 0.5) is 11.6 Å². The van der Waals surface area contributed by atoms with E-state index in [1.807, 2.05) is 44.2 Å². The Kier molecular flexibility index (Phi) is 9.37. The lowest BCUT2D eigenvalue weighted by Gasteiger charge is -2.23. The van der Waals surface area contributed by atoms with E-state index in [-0.39, 0.29) is 24.8 Å². The van der Waals surface area contributed by atoms with Gasteiger partial charge in [-0.25, -0.2) is 9.97 Å². The number of para-hydroxylation sites is 2. The van der Waals surface area contributed by atoms with E-state index in [1.165, 1.54) is 0 Å². The Balaban J connectivity index is 1.46. The van der Waals surface area contributed by atoms with E-state index >= 15 is 0 Å². The van der Waals surface area contributed by atoms with Gasteiger partial charge in [-0.15, -0.1) is 0 Å². The molecule has 1 aliphatic heterocycles. The monoisotopic (exact) mass is 537 g/mol. The van der Waals surface area contributed by atoms with E-state index in [1.54, 1.807) is 23.1 Å². The third-order valence-electron chi connectivity index (χ3n) is 5.91. The number of fused-ring (bicyclic) bond motifs is 2. The van der Waals surface area contributed by atoms with Crippen molar-refractivity contribution in [2.45, 2.75) is 39.5 Å². The summed E-state index contributed by atoms with van der Waals surface area (Å²) in [5, 5.41) is 6.42. The summed E-state index contributed by atoms with van der Waals surface area (Å²) in [6.07, 6.45) is 2.60. The Hall–Kier alpha value is -3.85. The van der Waals surface area contributed by atoms with Gasteiger partial charge in [0.15, 0.2) is 17.2 Å². The number of ether oxygens (including phenoxy) is 2. The molecule has 10 heteroatoms. The standard InChI is InChI=1S/C28H32ClN5O4/c1-19-16-20(2)32-28(31-19)30-13-12-27(36)34-14-6-3-7-15-37-24-8-4-5-9-25(24)38-23-11-10-21(29)17-22(23)33-26(35)18-34/h4-5,8-11,16-17H,3,6-7,12-15,18H2,1-2H3,(H,33,35)(H,30,31,32). The zero-order valence-corrected chi connectivity index (χ0v) is 22.4. The van der Waals surface area contributed by atoms with Gasteiger partial charge in [-0.05, 0) is 69.5 Å². The SMILES string of the molecule is Cc1cc(C)nc(NCCC(=O)N2CCCCCOc3ccccc3Oc3ccc(Cl)cc3NC(=O)C2)n1. The van der Waals surface area contributed by atoms with Gasteiger partial charge in [0.25, 0.3) is 0 Å². The van der Waals surface area contributed by atoms with Crippen LogP contribution in [-0.4, -0.2) is 52.9 Å². The maximum absolute atomic E-state index is 13.1.